The number of likely N-dealkylation sites (tertiary alicyclic amines) is 1. The van der Waals surface area contributed by atoms with Gasteiger partial charge >= 0.3 is 0 Å². The first-order valence-corrected chi connectivity index (χ1v) is 12.4. The normalized spacial score (nSPS) is 28.0. The van der Waals surface area contributed by atoms with Gasteiger partial charge in [-0.2, -0.15) is 0 Å². The lowest BCUT2D eigenvalue weighted by Gasteiger charge is -2.43. The zero-order chi connectivity index (χ0) is 20.0. The summed E-state index contributed by atoms with van der Waals surface area (Å²) in [6, 6.07) is 7.32. The molecule has 4 N–H and O–H groups in total. The molecule has 2 aromatic rings. The topological polar surface area (TPSA) is 60.3 Å². The highest BCUT2D eigenvalue weighted by Crippen LogP contribution is 2.48. The summed E-state index contributed by atoms with van der Waals surface area (Å²) < 4.78 is 0. The van der Waals surface area contributed by atoms with E-state index in [9.17, 15) is 0 Å². The summed E-state index contributed by atoms with van der Waals surface area (Å²) in [5, 5.41) is 7.78. The summed E-state index contributed by atoms with van der Waals surface area (Å²) >= 11 is 8.48. The SMILES string of the molecule is C[C@H](N1CCCC1)[C@]1(c2cc3cc(Cl)cc(NC4CCCC4)c3[nH]2)SCCN1N. The summed E-state index contributed by atoms with van der Waals surface area (Å²) in [6.45, 7) is 5.58. The molecule has 3 aliphatic rings. The minimum Gasteiger partial charge on any atom is -0.381 e. The number of hydrogen-bond acceptors (Lipinski definition) is 5. The summed E-state index contributed by atoms with van der Waals surface area (Å²) in [5.41, 5.74) is 3.49. The van der Waals surface area contributed by atoms with Gasteiger partial charge in [0.25, 0.3) is 0 Å². The number of nitrogens with two attached hydrogens (primary N) is 1. The van der Waals surface area contributed by atoms with Crippen molar-refractivity contribution in [3.63, 3.8) is 0 Å². The van der Waals surface area contributed by atoms with Crippen molar-refractivity contribution in [2.75, 3.05) is 30.7 Å². The van der Waals surface area contributed by atoms with Crippen LogP contribution in [-0.4, -0.2) is 52.4 Å². The predicted octanol–water partition coefficient (Wildman–Crippen LogP) is 4.74. The van der Waals surface area contributed by atoms with Gasteiger partial charge in [-0.25, -0.2) is 5.01 Å². The second-order valence-electron chi connectivity index (χ2n) is 8.88. The van der Waals surface area contributed by atoms with Gasteiger partial charge in [0.05, 0.1) is 11.2 Å². The molecule has 3 heterocycles. The molecule has 0 radical (unpaired) electrons. The van der Waals surface area contributed by atoms with Gasteiger partial charge in [-0.1, -0.05) is 24.4 Å². The number of rotatable bonds is 5. The van der Waals surface area contributed by atoms with Crippen molar-refractivity contribution in [3.8, 4) is 0 Å². The smallest absolute Gasteiger partial charge is 0.135 e. The number of nitrogens with one attached hydrogen (secondary N) is 2. The van der Waals surface area contributed by atoms with Crippen molar-refractivity contribution in [1.29, 1.82) is 0 Å². The minimum atomic E-state index is -0.250. The van der Waals surface area contributed by atoms with Crippen LogP contribution >= 0.6 is 23.4 Å². The number of halogens is 1. The molecule has 0 spiro atoms. The van der Waals surface area contributed by atoms with Gasteiger partial charge in [0.1, 0.15) is 4.87 Å². The molecule has 1 aromatic heterocycles. The van der Waals surface area contributed by atoms with Crippen LogP contribution in [0.2, 0.25) is 5.02 Å². The summed E-state index contributed by atoms with van der Waals surface area (Å²) in [7, 11) is 0. The Kier molecular flexibility index (Phi) is 5.50. The van der Waals surface area contributed by atoms with E-state index >= 15 is 0 Å². The van der Waals surface area contributed by atoms with Crippen LogP contribution in [-0.2, 0) is 4.87 Å². The quantitative estimate of drug-likeness (QED) is 0.594. The van der Waals surface area contributed by atoms with Gasteiger partial charge in [-0.15, -0.1) is 11.8 Å². The molecule has 1 aromatic carbocycles. The Morgan fingerprint density at radius 2 is 1.93 bits per heavy atom. The van der Waals surface area contributed by atoms with Gasteiger partial charge in [-0.05, 0) is 63.9 Å². The molecule has 2 atom stereocenters. The third-order valence-corrected chi connectivity index (χ3v) is 8.97. The van der Waals surface area contributed by atoms with Crippen LogP contribution in [0.5, 0.6) is 0 Å². The fraction of sp³-hybridized carbons (Fsp3) is 0.636. The molecular formula is C22H32ClN5S. The zero-order valence-corrected chi connectivity index (χ0v) is 18.8. The largest absolute Gasteiger partial charge is 0.381 e. The van der Waals surface area contributed by atoms with Crippen LogP contribution < -0.4 is 11.2 Å². The van der Waals surface area contributed by atoms with Crippen LogP contribution in [0, 0.1) is 0 Å². The van der Waals surface area contributed by atoms with Gasteiger partial charge in [-0.3, -0.25) is 10.7 Å². The maximum absolute atomic E-state index is 6.66. The number of H-pyrrole nitrogens is 1. The number of hydrazine groups is 1. The highest BCUT2D eigenvalue weighted by atomic mass is 35.5. The lowest BCUT2D eigenvalue weighted by molar-refractivity contribution is 0.0872. The van der Waals surface area contributed by atoms with Crippen molar-refractivity contribution in [2.24, 2.45) is 5.84 Å². The summed E-state index contributed by atoms with van der Waals surface area (Å²) in [6.07, 6.45) is 7.67. The maximum atomic E-state index is 6.66. The molecule has 0 unspecified atom stereocenters. The van der Waals surface area contributed by atoms with E-state index in [2.05, 4.69) is 45.3 Å². The van der Waals surface area contributed by atoms with E-state index in [1.165, 1.54) is 49.6 Å². The lowest BCUT2D eigenvalue weighted by Crippen LogP contribution is -2.56. The molecule has 1 saturated carbocycles. The Hall–Kier alpha value is -0.920. The molecule has 0 amide bonds. The van der Waals surface area contributed by atoms with E-state index in [4.69, 9.17) is 17.4 Å². The number of fused-ring (bicyclic) bond motifs is 1. The minimum absolute atomic E-state index is 0.250. The molecule has 2 saturated heterocycles. The van der Waals surface area contributed by atoms with Crippen LogP contribution in [0.15, 0.2) is 18.2 Å². The van der Waals surface area contributed by atoms with E-state index in [0.29, 0.717) is 12.1 Å². The molecule has 3 fully saturated rings. The first-order valence-electron chi connectivity index (χ1n) is 11.1. The lowest BCUT2D eigenvalue weighted by atomic mass is 10.0. The Morgan fingerprint density at radius 1 is 1.17 bits per heavy atom. The molecule has 0 bridgehead atoms. The molecule has 2 aliphatic heterocycles. The van der Waals surface area contributed by atoms with Crippen LogP contribution in [0.25, 0.3) is 10.9 Å². The highest BCUT2D eigenvalue weighted by Gasteiger charge is 2.50. The average molecular weight is 434 g/mol. The maximum Gasteiger partial charge on any atom is 0.135 e. The summed E-state index contributed by atoms with van der Waals surface area (Å²) in [5.74, 6) is 7.71. The first-order chi connectivity index (χ1) is 14.1. The van der Waals surface area contributed by atoms with Crippen LogP contribution in [0.1, 0.15) is 51.1 Å². The van der Waals surface area contributed by atoms with Crippen molar-refractivity contribution in [2.45, 2.75) is 62.4 Å². The van der Waals surface area contributed by atoms with Gasteiger partial charge in [0.2, 0.25) is 0 Å². The summed E-state index contributed by atoms with van der Waals surface area (Å²) in [4.78, 5) is 6.15. The number of benzene rings is 1. The number of anilines is 1. The van der Waals surface area contributed by atoms with Gasteiger partial charge < -0.3 is 10.3 Å². The molecule has 5 nitrogen and oxygen atoms in total. The number of thioether (sulfide) groups is 1. The third kappa shape index (κ3) is 3.47. The monoisotopic (exact) mass is 433 g/mol. The highest BCUT2D eigenvalue weighted by molar-refractivity contribution is 8.00. The predicted molar refractivity (Wildman–Crippen MR) is 124 cm³/mol. The Labute approximate surface area is 182 Å². The van der Waals surface area contributed by atoms with Crippen molar-refractivity contribution in [3.05, 3.63) is 28.9 Å². The molecule has 7 heteroatoms. The molecule has 1 aliphatic carbocycles. The van der Waals surface area contributed by atoms with E-state index < -0.39 is 0 Å². The van der Waals surface area contributed by atoms with E-state index in [1.54, 1.807) is 0 Å². The molecular weight excluding hydrogens is 402 g/mol. The van der Waals surface area contributed by atoms with E-state index in [0.717, 1.165) is 41.6 Å². The zero-order valence-electron chi connectivity index (χ0n) is 17.2. The average Bonchev–Trinajstić information content (AvgIpc) is 3.48. The van der Waals surface area contributed by atoms with Crippen molar-refractivity contribution in [1.82, 2.24) is 14.9 Å². The number of aromatic nitrogens is 1. The van der Waals surface area contributed by atoms with Crippen LogP contribution in [0.4, 0.5) is 5.69 Å². The molecule has 5 rings (SSSR count). The third-order valence-electron chi connectivity index (χ3n) is 7.13. The Balaban J connectivity index is 1.57. The van der Waals surface area contributed by atoms with Gasteiger partial charge in [0.15, 0.2) is 0 Å². The second kappa shape index (κ2) is 7.97. The number of hydrogen-bond donors (Lipinski definition) is 3. The first kappa shape index (κ1) is 20.0. The fourth-order valence-corrected chi connectivity index (χ4v) is 7.29. The number of aromatic amines is 1. The standard InChI is InChI=1S/C22H32ClN5S/c1-15(27-8-4-5-9-27)22(28(24)10-11-29-22)20-13-16-12-17(23)14-19(21(16)26-20)25-18-6-2-3-7-18/h12-15,18,25-26H,2-11,24H2,1H3/t15-,22+/m0/s1. The van der Waals surface area contributed by atoms with Crippen molar-refractivity contribution >= 4 is 40.0 Å². The van der Waals surface area contributed by atoms with E-state index in [1.807, 2.05) is 11.8 Å². The molecule has 158 valence electrons. The second-order valence-corrected chi connectivity index (χ2v) is 10.6. The van der Waals surface area contributed by atoms with Gasteiger partial charge in [0, 0.05) is 40.5 Å². The fourth-order valence-electron chi connectivity index (χ4n) is 5.55. The van der Waals surface area contributed by atoms with Crippen LogP contribution in [0.3, 0.4) is 0 Å². The molecule has 29 heavy (non-hydrogen) atoms. The Morgan fingerprint density at radius 3 is 2.62 bits per heavy atom. The van der Waals surface area contributed by atoms with Crippen molar-refractivity contribution < 1.29 is 0 Å². The number of nitrogens with zero attached hydrogens (tertiary/aromatic N) is 2. The van der Waals surface area contributed by atoms with E-state index in [-0.39, 0.29) is 4.87 Å². The Bertz CT molecular complexity index is 873.